The molecule has 1 aromatic rings. The van der Waals surface area contributed by atoms with E-state index in [1.165, 1.54) is 31.6 Å². The molecular weight excluding hydrogens is 250 g/mol. The van der Waals surface area contributed by atoms with Gasteiger partial charge in [0.15, 0.2) is 0 Å². The van der Waals surface area contributed by atoms with Gasteiger partial charge in [-0.3, -0.25) is 10.4 Å². The van der Waals surface area contributed by atoms with Crippen molar-refractivity contribution in [1.82, 2.24) is 20.3 Å². The molecule has 0 unspecified atom stereocenters. The fraction of sp³-hybridized carbons (Fsp3) is 0.667. The van der Waals surface area contributed by atoms with Crippen LogP contribution in [0, 0.1) is 0 Å². The van der Waals surface area contributed by atoms with E-state index in [-0.39, 0.29) is 0 Å². The van der Waals surface area contributed by atoms with Gasteiger partial charge in [-0.1, -0.05) is 0 Å². The number of likely N-dealkylation sites (N-methyl/N-ethyl adjacent to an activating group) is 1. The largest absolute Gasteiger partial charge is 0.371 e. The summed E-state index contributed by atoms with van der Waals surface area (Å²) in [7, 11) is 2.20. The molecule has 2 aliphatic rings. The number of rotatable bonds is 3. The van der Waals surface area contributed by atoms with Crippen molar-refractivity contribution in [2.45, 2.75) is 18.9 Å². The molecular formula is C15H25N5. The van der Waals surface area contributed by atoms with Crippen molar-refractivity contribution in [3.8, 4) is 0 Å². The van der Waals surface area contributed by atoms with E-state index < -0.39 is 0 Å². The molecule has 0 aromatic carbocycles. The minimum Gasteiger partial charge on any atom is -0.371 e. The molecule has 0 spiro atoms. The molecule has 1 aromatic heterocycles. The second-order valence-electron chi connectivity index (χ2n) is 5.89. The summed E-state index contributed by atoms with van der Waals surface area (Å²) >= 11 is 0. The van der Waals surface area contributed by atoms with Crippen LogP contribution in [0.25, 0.3) is 0 Å². The van der Waals surface area contributed by atoms with Crippen molar-refractivity contribution in [1.29, 1.82) is 0 Å². The number of piperazine rings is 1. The summed E-state index contributed by atoms with van der Waals surface area (Å²) in [5.41, 5.74) is 5.02. The summed E-state index contributed by atoms with van der Waals surface area (Å²) in [5.74, 6) is 0. The second kappa shape index (κ2) is 6.52. The number of anilines is 1. The van der Waals surface area contributed by atoms with Crippen molar-refractivity contribution in [3.63, 3.8) is 0 Å². The van der Waals surface area contributed by atoms with Crippen LogP contribution in [0.2, 0.25) is 0 Å². The molecule has 0 amide bonds. The van der Waals surface area contributed by atoms with Gasteiger partial charge >= 0.3 is 0 Å². The van der Waals surface area contributed by atoms with Crippen molar-refractivity contribution >= 4 is 5.69 Å². The molecule has 20 heavy (non-hydrogen) atoms. The van der Waals surface area contributed by atoms with Gasteiger partial charge in [-0.25, -0.2) is 5.01 Å². The first-order chi connectivity index (χ1) is 9.81. The van der Waals surface area contributed by atoms with Crippen molar-refractivity contribution in [3.05, 3.63) is 24.5 Å². The Bertz CT molecular complexity index is 394. The lowest BCUT2D eigenvalue weighted by atomic mass is 10.1. The van der Waals surface area contributed by atoms with Gasteiger partial charge in [0.25, 0.3) is 0 Å². The zero-order chi connectivity index (χ0) is 13.8. The fourth-order valence-corrected chi connectivity index (χ4v) is 3.02. The Morgan fingerprint density at radius 2 is 1.65 bits per heavy atom. The molecule has 1 N–H and O–H groups in total. The summed E-state index contributed by atoms with van der Waals surface area (Å²) in [4.78, 5) is 8.94. The molecule has 2 aliphatic heterocycles. The molecule has 0 aliphatic carbocycles. The number of hydrazine groups is 1. The van der Waals surface area contributed by atoms with Gasteiger partial charge in [-0.15, -0.1) is 0 Å². The van der Waals surface area contributed by atoms with Gasteiger partial charge in [0.1, 0.15) is 0 Å². The van der Waals surface area contributed by atoms with Crippen LogP contribution in [0.15, 0.2) is 24.5 Å². The summed E-state index contributed by atoms with van der Waals surface area (Å²) in [6, 6.07) is 4.85. The predicted octanol–water partition coefficient (Wildman–Crippen LogP) is 0.802. The zero-order valence-corrected chi connectivity index (χ0v) is 12.3. The van der Waals surface area contributed by atoms with E-state index in [4.69, 9.17) is 0 Å². The van der Waals surface area contributed by atoms with E-state index in [1.54, 1.807) is 0 Å². The van der Waals surface area contributed by atoms with Crippen LogP contribution in [0.3, 0.4) is 0 Å². The van der Waals surface area contributed by atoms with Crippen molar-refractivity contribution < 1.29 is 0 Å². The highest BCUT2D eigenvalue weighted by Crippen LogP contribution is 2.19. The molecule has 3 rings (SSSR count). The zero-order valence-electron chi connectivity index (χ0n) is 12.3. The van der Waals surface area contributed by atoms with Crippen LogP contribution in [-0.2, 0) is 0 Å². The first-order valence-corrected chi connectivity index (χ1v) is 7.66. The third-order valence-electron chi connectivity index (χ3n) is 4.39. The molecule has 0 atom stereocenters. The maximum Gasteiger partial charge on any atom is 0.0397 e. The van der Waals surface area contributed by atoms with E-state index >= 15 is 0 Å². The standard InChI is InChI=1S/C15H25N5/c1-18-10-12-20(13-11-18)17-14-4-8-19(9-5-14)15-2-6-16-7-3-15/h2-3,6-7,14,17H,4-5,8-13H2,1H3. The summed E-state index contributed by atoms with van der Waals surface area (Å²) in [6.07, 6.45) is 6.19. The monoisotopic (exact) mass is 275 g/mol. The molecule has 3 heterocycles. The van der Waals surface area contributed by atoms with Crippen molar-refractivity contribution in [2.24, 2.45) is 0 Å². The van der Waals surface area contributed by atoms with Crippen LogP contribution in [0.4, 0.5) is 5.69 Å². The Labute approximate surface area is 121 Å². The van der Waals surface area contributed by atoms with Crippen LogP contribution in [0.1, 0.15) is 12.8 Å². The summed E-state index contributed by atoms with van der Waals surface area (Å²) < 4.78 is 0. The highest BCUT2D eigenvalue weighted by molar-refractivity contribution is 5.44. The lowest BCUT2D eigenvalue weighted by Crippen LogP contribution is -2.55. The van der Waals surface area contributed by atoms with Crippen LogP contribution in [-0.4, -0.2) is 67.3 Å². The van der Waals surface area contributed by atoms with E-state index in [1.807, 2.05) is 12.4 Å². The Kier molecular flexibility index (Phi) is 4.50. The SMILES string of the molecule is CN1CCN(NC2CCN(c3ccncc3)CC2)CC1. The molecule has 5 heteroatoms. The van der Waals surface area contributed by atoms with Gasteiger partial charge in [-0.05, 0) is 32.0 Å². The highest BCUT2D eigenvalue weighted by Gasteiger charge is 2.22. The van der Waals surface area contributed by atoms with Crippen LogP contribution in [0.5, 0.6) is 0 Å². The maximum atomic E-state index is 4.09. The number of aromatic nitrogens is 1. The van der Waals surface area contributed by atoms with Gasteiger partial charge < -0.3 is 9.80 Å². The third-order valence-corrected chi connectivity index (χ3v) is 4.39. The maximum absolute atomic E-state index is 4.09. The van der Waals surface area contributed by atoms with Gasteiger partial charge in [0, 0.05) is 63.4 Å². The first kappa shape index (κ1) is 13.8. The smallest absolute Gasteiger partial charge is 0.0397 e. The van der Waals surface area contributed by atoms with E-state index in [2.05, 4.69) is 44.4 Å². The lowest BCUT2D eigenvalue weighted by Gasteiger charge is -2.39. The molecule has 0 radical (unpaired) electrons. The minimum atomic E-state index is 0.636. The Hall–Kier alpha value is -1.17. The fourth-order valence-electron chi connectivity index (χ4n) is 3.02. The number of hydrogen-bond acceptors (Lipinski definition) is 5. The van der Waals surface area contributed by atoms with E-state index in [0.29, 0.717) is 6.04 Å². The number of piperidine rings is 1. The normalized spacial score (nSPS) is 23.1. The molecule has 0 bridgehead atoms. The molecule has 110 valence electrons. The highest BCUT2D eigenvalue weighted by atomic mass is 15.5. The van der Waals surface area contributed by atoms with Gasteiger partial charge in [0.05, 0.1) is 0 Å². The average molecular weight is 275 g/mol. The van der Waals surface area contributed by atoms with Crippen molar-refractivity contribution in [2.75, 3.05) is 51.2 Å². The first-order valence-electron chi connectivity index (χ1n) is 7.66. The Morgan fingerprint density at radius 3 is 2.30 bits per heavy atom. The predicted molar refractivity (Wildman–Crippen MR) is 81.7 cm³/mol. The van der Waals surface area contributed by atoms with E-state index in [9.17, 15) is 0 Å². The number of nitrogens with one attached hydrogen (secondary N) is 1. The van der Waals surface area contributed by atoms with Gasteiger partial charge in [-0.2, -0.15) is 0 Å². The molecule has 0 saturated carbocycles. The molecule has 5 nitrogen and oxygen atoms in total. The quantitative estimate of drug-likeness (QED) is 0.883. The van der Waals surface area contributed by atoms with Crippen LogP contribution < -0.4 is 10.3 Å². The second-order valence-corrected chi connectivity index (χ2v) is 5.89. The topological polar surface area (TPSA) is 34.6 Å². The Morgan fingerprint density at radius 1 is 1.00 bits per heavy atom. The summed E-state index contributed by atoms with van der Waals surface area (Å²) in [5, 5.41) is 2.41. The minimum absolute atomic E-state index is 0.636. The van der Waals surface area contributed by atoms with E-state index in [0.717, 1.165) is 26.2 Å². The third kappa shape index (κ3) is 3.48. The number of pyridine rings is 1. The molecule has 2 fully saturated rings. The number of nitrogens with zero attached hydrogens (tertiary/aromatic N) is 4. The Balaban J connectivity index is 1.44. The van der Waals surface area contributed by atoms with Crippen LogP contribution >= 0.6 is 0 Å². The number of hydrogen-bond donors (Lipinski definition) is 1. The van der Waals surface area contributed by atoms with Gasteiger partial charge in [0.2, 0.25) is 0 Å². The molecule has 2 saturated heterocycles. The average Bonchev–Trinajstić information content (AvgIpc) is 2.51. The lowest BCUT2D eigenvalue weighted by molar-refractivity contribution is 0.0813. The summed E-state index contributed by atoms with van der Waals surface area (Å²) in [6.45, 7) is 6.89.